The molecular weight excluding hydrogens is 373 g/mol. The minimum Gasteiger partial charge on any atom is -0.477 e. The first-order chi connectivity index (χ1) is 13.8. The van der Waals surface area contributed by atoms with E-state index in [4.69, 9.17) is 5.73 Å². The third-order valence-electron chi connectivity index (χ3n) is 7.31. The molecule has 0 bridgehead atoms. The van der Waals surface area contributed by atoms with E-state index in [0.717, 1.165) is 43.6 Å². The maximum Gasteiger partial charge on any atom is 0.341 e. The number of halogens is 1. The summed E-state index contributed by atoms with van der Waals surface area (Å²) in [5.74, 6) is -0.818. The average molecular weight is 399 g/mol. The SMILES string of the molecule is Cc1c(N2CCC(C3(N)CCC3)C2)ccc2c(=O)c(C(=O)O)cn(C3CC3F)c12. The molecule has 3 N–H and O–H groups in total. The number of carboxylic acid groups (broad SMARTS) is 1. The number of hydrogen-bond donors (Lipinski definition) is 2. The van der Waals surface area contributed by atoms with Gasteiger partial charge in [-0.3, -0.25) is 4.79 Å². The molecule has 154 valence electrons. The van der Waals surface area contributed by atoms with Crippen LogP contribution in [-0.4, -0.2) is 40.4 Å². The fourth-order valence-corrected chi connectivity index (χ4v) is 5.25. The molecule has 1 aliphatic heterocycles. The molecule has 5 rings (SSSR count). The van der Waals surface area contributed by atoms with E-state index in [2.05, 4.69) is 4.90 Å². The number of benzene rings is 1. The van der Waals surface area contributed by atoms with Gasteiger partial charge in [0.25, 0.3) is 0 Å². The highest BCUT2D eigenvalue weighted by Crippen LogP contribution is 2.44. The second-order valence-corrected chi connectivity index (χ2v) is 9.03. The normalized spacial score (nSPS) is 27.8. The lowest BCUT2D eigenvalue weighted by molar-refractivity contribution is 0.0694. The molecule has 1 aromatic carbocycles. The van der Waals surface area contributed by atoms with Crippen LogP contribution in [0.5, 0.6) is 0 Å². The van der Waals surface area contributed by atoms with Crippen LogP contribution in [0.15, 0.2) is 23.1 Å². The average Bonchev–Trinajstić information content (AvgIpc) is 3.18. The predicted molar refractivity (Wildman–Crippen MR) is 110 cm³/mol. The fraction of sp³-hybridized carbons (Fsp3) is 0.545. The molecule has 3 atom stereocenters. The number of anilines is 1. The van der Waals surface area contributed by atoms with Crippen molar-refractivity contribution >= 4 is 22.6 Å². The third kappa shape index (κ3) is 2.78. The number of nitrogens with two attached hydrogens (primary N) is 1. The summed E-state index contributed by atoms with van der Waals surface area (Å²) in [7, 11) is 0. The first kappa shape index (κ1) is 18.6. The summed E-state index contributed by atoms with van der Waals surface area (Å²) in [4.78, 5) is 26.6. The maximum atomic E-state index is 13.9. The van der Waals surface area contributed by atoms with Crippen molar-refractivity contribution in [1.82, 2.24) is 4.57 Å². The zero-order chi connectivity index (χ0) is 20.5. The summed E-state index contributed by atoms with van der Waals surface area (Å²) in [6.07, 6.45) is 5.09. The Morgan fingerprint density at radius 1 is 1.34 bits per heavy atom. The molecule has 2 aromatic rings. The molecule has 0 amide bonds. The molecule has 1 aromatic heterocycles. The highest BCUT2D eigenvalue weighted by atomic mass is 19.1. The Morgan fingerprint density at radius 2 is 2.07 bits per heavy atom. The predicted octanol–water partition coefficient (Wildman–Crippen LogP) is 3.00. The molecule has 0 spiro atoms. The van der Waals surface area contributed by atoms with Crippen molar-refractivity contribution in [3.63, 3.8) is 0 Å². The molecule has 2 saturated carbocycles. The van der Waals surface area contributed by atoms with E-state index in [1.165, 1.54) is 12.6 Å². The minimum atomic E-state index is -1.28. The molecule has 2 heterocycles. The van der Waals surface area contributed by atoms with Crippen LogP contribution in [-0.2, 0) is 0 Å². The maximum absolute atomic E-state index is 13.9. The number of carbonyl (C=O) groups is 1. The summed E-state index contributed by atoms with van der Waals surface area (Å²) in [6.45, 7) is 3.73. The van der Waals surface area contributed by atoms with Crippen molar-refractivity contribution in [1.29, 1.82) is 0 Å². The molecule has 2 aliphatic carbocycles. The van der Waals surface area contributed by atoms with E-state index in [9.17, 15) is 19.1 Å². The second kappa shape index (κ2) is 6.29. The highest BCUT2D eigenvalue weighted by molar-refractivity contribution is 5.95. The van der Waals surface area contributed by atoms with E-state index in [1.54, 1.807) is 10.6 Å². The quantitative estimate of drug-likeness (QED) is 0.825. The summed E-state index contributed by atoms with van der Waals surface area (Å²) in [6, 6.07) is 3.20. The van der Waals surface area contributed by atoms with Crippen LogP contribution in [0.3, 0.4) is 0 Å². The zero-order valence-electron chi connectivity index (χ0n) is 16.5. The highest BCUT2D eigenvalue weighted by Gasteiger charge is 2.44. The molecule has 6 nitrogen and oxygen atoms in total. The van der Waals surface area contributed by atoms with Gasteiger partial charge in [-0.15, -0.1) is 0 Å². The van der Waals surface area contributed by atoms with Crippen molar-refractivity contribution in [3.8, 4) is 0 Å². The van der Waals surface area contributed by atoms with Crippen molar-refractivity contribution in [2.75, 3.05) is 18.0 Å². The van der Waals surface area contributed by atoms with Gasteiger partial charge in [-0.25, -0.2) is 9.18 Å². The van der Waals surface area contributed by atoms with Crippen LogP contribution >= 0.6 is 0 Å². The van der Waals surface area contributed by atoms with Crippen LogP contribution in [0.1, 0.15) is 54.1 Å². The van der Waals surface area contributed by atoms with Crippen LogP contribution in [0.25, 0.3) is 10.9 Å². The van der Waals surface area contributed by atoms with Crippen LogP contribution in [0.2, 0.25) is 0 Å². The zero-order valence-corrected chi connectivity index (χ0v) is 16.5. The Balaban J connectivity index is 1.60. The lowest BCUT2D eigenvalue weighted by Gasteiger charge is -2.43. The fourth-order valence-electron chi connectivity index (χ4n) is 5.25. The number of alkyl halides is 1. The number of aromatic carboxylic acids is 1. The van der Waals surface area contributed by atoms with Crippen LogP contribution < -0.4 is 16.1 Å². The Bertz CT molecular complexity index is 1080. The van der Waals surface area contributed by atoms with Crippen molar-refractivity contribution in [3.05, 3.63) is 39.7 Å². The summed E-state index contributed by atoms with van der Waals surface area (Å²) in [5.41, 5.74) is 8.27. The van der Waals surface area contributed by atoms with E-state index in [0.29, 0.717) is 23.2 Å². The Hall–Kier alpha value is -2.41. The Labute approximate surface area is 168 Å². The number of rotatable bonds is 4. The smallest absolute Gasteiger partial charge is 0.341 e. The Morgan fingerprint density at radius 3 is 2.66 bits per heavy atom. The minimum absolute atomic E-state index is 0.0482. The van der Waals surface area contributed by atoms with Gasteiger partial charge >= 0.3 is 5.97 Å². The Kier molecular flexibility index (Phi) is 4.04. The van der Waals surface area contributed by atoms with Gasteiger partial charge in [-0.05, 0) is 56.2 Å². The number of aryl methyl sites for hydroxylation is 1. The summed E-state index contributed by atoms with van der Waals surface area (Å²) in [5, 5.41) is 9.76. The van der Waals surface area contributed by atoms with E-state index < -0.39 is 23.6 Å². The molecular formula is C22H26FN3O3. The number of fused-ring (bicyclic) bond motifs is 1. The first-order valence-electron chi connectivity index (χ1n) is 10.4. The lowest BCUT2D eigenvalue weighted by Crippen LogP contribution is -2.53. The van der Waals surface area contributed by atoms with Gasteiger partial charge < -0.3 is 20.3 Å². The molecule has 7 heteroatoms. The third-order valence-corrected chi connectivity index (χ3v) is 7.31. The second-order valence-electron chi connectivity index (χ2n) is 9.03. The molecule has 3 unspecified atom stereocenters. The molecule has 1 saturated heterocycles. The van der Waals surface area contributed by atoms with Crippen molar-refractivity contribution < 1.29 is 14.3 Å². The van der Waals surface area contributed by atoms with Crippen molar-refractivity contribution in [2.24, 2.45) is 11.7 Å². The lowest BCUT2D eigenvalue weighted by atomic mass is 9.68. The standard InChI is InChI=1S/C22H26FN3O3/c1-12-17(25-8-5-13(10-25)22(24)6-2-7-22)4-3-14-19(12)26(18-9-16(18)23)11-15(20(14)27)21(28)29/h3-4,11,13,16,18H,2,5-10,24H2,1H3,(H,28,29). The molecule has 3 aliphatic rings. The van der Waals surface area contributed by atoms with E-state index >= 15 is 0 Å². The van der Waals surface area contributed by atoms with Crippen LogP contribution in [0, 0.1) is 12.8 Å². The summed E-state index contributed by atoms with van der Waals surface area (Å²) >= 11 is 0. The van der Waals surface area contributed by atoms with Crippen molar-refractivity contribution in [2.45, 2.75) is 56.8 Å². The number of pyridine rings is 1. The van der Waals surface area contributed by atoms with Crippen LogP contribution in [0.4, 0.5) is 10.1 Å². The van der Waals surface area contributed by atoms with E-state index in [1.807, 2.05) is 13.0 Å². The number of carboxylic acids is 1. The van der Waals surface area contributed by atoms with Gasteiger partial charge in [0, 0.05) is 42.3 Å². The number of nitrogens with zero attached hydrogens (tertiary/aromatic N) is 2. The number of aromatic nitrogens is 1. The molecule has 29 heavy (non-hydrogen) atoms. The monoisotopic (exact) mass is 399 g/mol. The van der Waals surface area contributed by atoms with Gasteiger partial charge in [0.15, 0.2) is 0 Å². The largest absolute Gasteiger partial charge is 0.477 e. The number of hydrogen-bond acceptors (Lipinski definition) is 4. The van der Waals surface area contributed by atoms with Gasteiger partial charge in [-0.2, -0.15) is 0 Å². The molecule has 3 fully saturated rings. The van der Waals surface area contributed by atoms with E-state index in [-0.39, 0.29) is 11.1 Å². The van der Waals surface area contributed by atoms with Gasteiger partial charge in [0.05, 0.1) is 11.6 Å². The topological polar surface area (TPSA) is 88.6 Å². The van der Waals surface area contributed by atoms with Gasteiger partial charge in [0.1, 0.15) is 11.7 Å². The van der Waals surface area contributed by atoms with Gasteiger partial charge in [0.2, 0.25) is 5.43 Å². The van der Waals surface area contributed by atoms with Gasteiger partial charge in [-0.1, -0.05) is 0 Å². The molecule has 0 radical (unpaired) electrons. The summed E-state index contributed by atoms with van der Waals surface area (Å²) < 4.78 is 15.6. The first-order valence-corrected chi connectivity index (χ1v) is 10.4.